The van der Waals surface area contributed by atoms with Gasteiger partial charge in [0.05, 0.1) is 6.54 Å². The standard InChI is InChI=1S/C15H14N4O3S/c1-9-6-12(18-21-9)14-17-13(22-19-14)8-16-15(20)10-4-3-5-11(7-10)23-2/h3-7H,8H2,1-2H3,(H,16,20). The summed E-state index contributed by atoms with van der Waals surface area (Å²) in [6, 6.07) is 9.09. The van der Waals surface area contributed by atoms with E-state index in [1.807, 2.05) is 24.5 Å². The first-order chi connectivity index (χ1) is 11.2. The maximum Gasteiger partial charge on any atom is 0.251 e. The number of aryl methyl sites for hydroxylation is 1. The molecule has 23 heavy (non-hydrogen) atoms. The number of nitrogens with zero attached hydrogens (tertiary/aromatic N) is 3. The summed E-state index contributed by atoms with van der Waals surface area (Å²) in [5.41, 5.74) is 1.08. The van der Waals surface area contributed by atoms with E-state index in [0.29, 0.717) is 28.7 Å². The maximum absolute atomic E-state index is 12.1. The lowest BCUT2D eigenvalue weighted by Crippen LogP contribution is -2.22. The van der Waals surface area contributed by atoms with Crippen LogP contribution < -0.4 is 5.32 Å². The Morgan fingerprint density at radius 3 is 2.87 bits per heavy atom. The smallest absolute Gasteiger partial charge is 0.251 e. The normalized spacial score (nSPS) is 10.7. The zero-order valence-electron chi connectivity index (χ0n) is 12.6. The minimum atomic E-state index is -0.196. The quantitative estimate of drug-likeness (QED) is 0.719. The van der Waals surface area contributed by atoms with Gasteiger partial charge in [0.2, 0.25) is 11.7 Å². The number of carbonyl (C=O) groups excluding carboxylic acids is 1. The molecule has 3 rings (SSSR count). The van der Waals surface area contributed by atoms with Crippen LogP contribution in [0.5, 0.6) is 0 Å². The van der Waals surface area contributed by atoms with Gasteiger partial charge in [0.1, 0.15) is 5.76 Å². The van der Waals surface area contributed by atoms with Gasteiger partial charge in [-0.3, -0.25) is 4.79 Å². The largest absolute Gasteiger partial charge is 0.361 e. The number of hydrogen-bond donors (Lipinski definition) is 1. The Morgan fingerprint density at radius 1 is 1.26 bits per heavy atom. The van der Waals surface area contributed by atoms with Gasteiger partial charge in [-0.2, -0.15) is 4.98 Å². The van der Waals surface area contributed by atoms with Crippen LogP contribution in [-0.2, 0) is 6.54 Å². The molecule has 0 fully saturated rings. The third-order valence-corrected chi connectivity index (χ3v) is 3.78. The predicted molar refractivity (Wildman–Crippen MR) is 83.9 cm³/mol. The van der Waals surface area contributed by atoms with Crippen molar-refractivity contribution >= 4 is 17.7 Å². The minimum Gasteiger partial charge on any atom is -0.361 e. The lowest BCUT2D eigenvalue weighted by Gasteiger charge is -2.03. The SMILES string of the molecule is CSc1cccc(C(=O)NCc2nc(-c3cc(C)on3)no2)c1. The fraction of sp³-hybridized carbons (Fsp3) is 0.200. The highest BCUT2D eigenvalue weighted by molar-refractivity contribution is 7.98. The van der Waals surface area contributed by atoms with E-state index in [1.165, 1.54) is 0 Å². The number of carbonyl (C=O) groups is 1. The highest BCUT2D eigenvalue weighted by atomic mass is 32.2. The molecule has 0 aliphatic rings. The van der Waals surface area contributed by atoms with E-state index in [0.717, 1.165) is 4.90 Å². The highest BCUT2D eigenvalue weighted by Crippen LogP contribution is 2.17. The number of amides is 1. The molecular weight excluding hydrogens is 316 g/mol. The van der Waals surface area contributed by atoms with Crippen molar-refractivity contribution in [2.75, 3.05) is 6.26 Å². The van der Waals surface area contributed by atoms with Gasteiger partial charge in [0.25, 0.3) is 5.91 Å². The molecule has 0 atom stereocenters. The van der Waals surface area contributed by atoms with Crippen LogP contribution in [0.25, 0.3) is 11.5 Å². The van der Waals surface area contributed by atoms with Gasteiger partial charge in [0, 0.05) is 16.5 Å². The molecule has 0 radical (unpaired) electrons. The van der Waals surface area contributed by atoms with E-state index >= 15 is 0 Å². The number of aromatic nitrogens is 3. The first-order valence-corrected chi connectivity index (χ1v) is 8.06. The van der Waals surface area contributed by atoms with E-state index in [9.17, 15) is 4.79 Å². The summed E-state index contributed by atoms with van der Waals surface area (Å²) in [6.07, 6.45) is 1.96. The van der Waals surface area contributed by atoms with Crippen LogP contribution in [0.4, 0.5) is 0 Å². The summed E-state index contributed by atoms with van der Waals surface area (Å²) >= 11 is 1.58. The molecule has 3 aromatic rings. The molecule has 0 aliphatic carbocycles. The monoisotopic (exact) mass is 330 g/mol. The Balaban J connectivity index is 1.64. The second-order valence-corrected chi connectivity index (χ2v) is 5.63. The first kappa shape index (κ1) is 15.3. The van der Waals surface area contributed by atoms with Crippen molar-refractivity contribution in [1.29, 1.82) is 0 Å². The zero-order chi connectivity index (χ0) is 16.2. The molecule has 0 bridgehead atoms. The van der Waals surface area contributed by atoms with E-state index in [1.54, 1.807) is 30.8 Å². The molecule has 0 spiro atoms. The number of benzene rings is 1. The Bertz CT molecular complexity index is 828. The van der Waals surface area contributed by atoms with Crippen molar-refractivity contribution in [3.8, 4) is 11.5 Å². The number of thioether (sulfide) groups is 1. The van der Waals surface area contributed by atoms with Crippen LogP contribution in [0.1, 0.15) is 22.0 Å². The summed E-state index contributed by atoms with van der Waals surface area (Å²) in [7, 11) is 0. The van der Waals surface area contributed by atoms with Crippen molar-refractivity contribution in [3.05, 3.63) is 47.5 Å². The molecule has 2 heterocycles. The third kappa shape index (κ3) is 3.59. The van der Waals surface area contributed by atoms with Gasteiger partial charge < -0.3 is 14.4 Å². The molecule has 0 unspecified atom stereocenters. The van der Waals surface area contributed by atoms with E-state index in [4.69, 9.17) is 9.05 Å². The second-order valence-electron chi connectivity index (χ2n) is 4.75. The van der Waals surface area contributed by atoms with Crippen LogP contribution >= 0.6 is 11.8 Å². The van der Waals surface area contributed by atoms with Gasteiger partial charge in [0.15, 0.2) is 5.69 Å². The van der Waals surface area contributed by atoms with Crippen LogP contribution in [0.3, 0.4) is 0 Å². The number of nitrogens with one attached hydrogen (secondary N) is 1. The third-order valence-electron chi connectivity index (χ3n) is 3.06. The summed E-state index contributed by atoms with van der Waals surface area (Å²) in [4.78, 5) is 17.3. The molecular formula is C15H14N4O3S. The molecule has 1 aromatic carbocycles. The predicted octanol–water partition coefficient (Wildman–Crippen LogP) is 2.68. The molecule has 8 heteroatoms. The van der Waals surface area contributed by atoms with Crippen LogP contribution in [0, 0.1) is 6.92 Å². The Morgan fingerprint density at radius 2 is 2.13 bits per heavy atom. The lowest BCUT2D eigenvalue weighted by molar-refractivity contribution is 0.0946. The molecule has 7 nitrogen and oxygen atoms in total. The summed E-state index contributed by atoms with van der Waals surface area (Å²) in [6.45, 7) is 1.92. The minimum absolute atomic E-state index is 0.145. The molecule has 2 aromatic heterocycles. The van der Waals surface area contributed by atoms with Gasteiger partial charge in [-0.25, -0.2) is 0 Å². The van der Waals surface area contributed by atoms with Crippen molar-refractivity contribution in [3.63, 3.8) is 0 Å². The summed E-state index contributed by atoms with van der Waals surface area (Å²) in [5, 5.41) is 10.4. The van der Waals surface area contributed by atoms with Gasteiger partial charge in [-0.1, -0.05) is 16.4 Å². The molecule has 0 aliphatic heterocycles. The van der Waals surface area contributed by atoms with E-state index in [-0.39, 0.29) is 12.5 Å². The van der Waals surface area contributed by atoms with Crippen molar-refractivity contribution in [1.82, 2.24) is 20.6 Å². The average molecular weight is 330 g/mol. The molecule has 0 saturated carbocycles. The van der Waals surface area contributed by atoms with Gasteiger partial charge >= 0.3 is 0 Å². The van der Waals surface area contributed by atoms with Gasteiger partial charge in [-0.15, -0.1) is 11.8 Å². The van der Waals surface area contributed by atoms with E-state index < -0.39 is 0 Å². The maximum atomic E-state index is 12.1. The fourth-order valence-electron chi connectivity index (χ4n) is 1.92. The van der Waals surface area contributed by atoms with Crippen molar-refractivity contribution in [2.45, 2.75) is 18.4 Å². The first-order valence-electron chi connectivity index (χ1n) is 6.84. The zero-order valence-corrected chi connectivity index (χ0v) is 13.4. The van der Waals surface area contributed by atoms with Crippen molar-refractivity contribution in [2.24, 2.45) is 0 Å². The fourth-order valence-corrected chi connectivity index (χ4v) is 2.38. The molecule has 1 N–H and O–H groups in total. The van der Waals surface area contributed by atoms with E-state index in [2.05, 4.69) is 20.6 Å². The topological polar surface area (TPSA) is 94.1 Å². The lowest BCUT2D eigenvalue weighted by atomic mass is 10.2. The van der Waals surface area contributed by atoms with Crippen molar-refractivity contribution < 1.29 is 13.8 Å². The average Bonchev–Trinajstić information content (AvgIpc) is 3.21. The van der Waals surface area contributed by atoms with Gasteiger partial charge in [-0.05, 0) is 31.4 Å². The molecule has 1 amide bonds. The second kappa shape index (κ2) is 6.66. The highest BCUT2D eigenvalue weighted by Gasteiger charge is 2.13. The number of rotatable bonds is 5. The molecule has 0 saturated heterocycles. The Hall–Kier alpha value is -2.61. The Kier molecular flexibility index (Phi) is 4.42. The van der Waals surface area contributed by atoms with Crippen LogP contribution in [0.2, 0.25) is 0 Å². The molecule has 118 valence electrons. The summed E-state index contributed by atoms with van der Waals surface area (Å²) in [5.74, 6) is 1.09. The van der Waals surface area contributed by atoms with Crippen LogP contribution in [-0.4, -0.2) is 27.5 Å². The summed E-state index contributed by atoms with van der Waals surface area (Å²) < 4.78 is 10.1. The van der Waals surface area contributed by atoms with Crippen LogP contribution in [0.15, 0.2) is 44.3 Å². The number of hydrogen-bond acceptors (Lipinski definition) is 7. The Labute approximate surface area is 136 Å².